The minimum Gasteiger partial charge on any atom is -0.480 e. The maximum Gasteiger partial charge on any atom is 0.326 e. The monoisotopic (exact) mass is 351 g/mol. The van der Waals surface area contributed by atoms with E-state index in [1.54, 1.807) is 0 Å². The number of carboxylic acid groups (broad SMARTS) is 1. The summed E-state index contributed by atoms with van der Waals surface area (Å²) in [4.78, 5) is 27.7. The van der Waals surface area contributed by atoms with Gasteiger partial charge in [0, 0.05) is 18.8 Å². The van der Waals surface area contributed by atoms with E-state index in [9.17, 15) is 14.7 Å². The van der Waals surface area contributed by atoms with E-state index in [1.165, 1.54) is 12.8 Å². The lowest BCUT2D eigenvalue weighted by Gasteiger charge is -2.21. The van der Waals surface area contributed by atoms with Gasteiger partial charge in [0.05, 0.1) is 0 Å². The van der Waals surface area contributed by atoms with Crippen LogP contribution in [0.2, 0.25) is 0 Å². The average Bonchev–Trinajstić information content (AvgIpc) is 3.18. The Hall–Kier alpha value is -1.92. The summed E-state index contributed by atoms with van der Waals surface area (Å²) in [6.07, 6.45) is 6.18. The van der Waals surface area contributed by atoms with Crippen LogP contribution in [0.25, 0.3) is 0 Å². The molecule has 0 spiro atoms. The zero-order valence-corrected chi connectivity index (χ0v) is 15.4. The van der Waals surface area contributed by atoms with Crippen molar-refractivity contribution in [3.05, 3.63) is 11.7 Å². The van der Waals surface area contributed by atoms with Crippen LogP contribution >= 0.6 is 0 Å². The second-order valence-electron chi connectivity index (χ2n) is 8.09. The molecule has 25 heavy (non-hydrogen) atoms. The Morgan fingerprint density at radius 2 is 2.00 bits per heavy atom. The molecule has 2 rings (SSSR count). The predicted molar refractivity (Wildman–Crippen MR) is 92.1 cm³/mol. The molecule has 1 aliphatic rings. The summed E-state index contributed by atoms with van der Waals surface area (Å²) in [6, 6.07) is -0.858. The molecule has 140 valence electrons. The van der Waals surface area contributed by atoms with Gasteiger partial charge < -0.3 is 14.9 Å². The largest absolute Gasteiger partial charge is 0.480 e. The summed E-state index contributed by atoms with van der Waals surface area (Å²) in [7, 11) is 0. The van der Waals surface area contributed by atoms with Crippen LogP contribution in [0.4, 0.5) is 0 Å². The van der Waals surface area contributed by atoms with E-state index >= 15 is 0 Å². The number of rotatable bonds is 8. The maximum atomic E-state index is 12.1. The normalized spacial score (nSPS) is 16.8. The zero-order chi connectivity index (χ0) is 18.4. The molecule has 1 aromatic heterocycles. The Morgan fingerprint density at radius 3 is 2.60 bits per heavy atom. The van der Waals surface area contributed by atoms with Gasteiger partial charge in [0.1, 0.15) is 6.04 Å². The number of aliphatic carboxylic acids is 1. The van der Waals surface area contributed by atoms with Gasteiger partial charge >= 0.3 is 5.97 Å². The molecule has 1 saturated carbocycles. The molecule has 7 heteroatoms. The fraction of sp³-hybridized carbons (Fsp3) is 0.778. The Kier molecular flexibility index (Phi) is 6.56. The molecule has 1 amide bonds. The van der Waals surface area contributed by atoms with Crippen molar-refractivity contribution >= 4 is 11.9 Å². The highest BCUT2D eigenvalue weighted by Crippen LogP contribution is 2.32. The Labute approximate surface area is 148 Å². The topological polar surface area (TPSA) is 105 Å². The first-order valence-corrected chi connectivity index (χ1v) is 9.09. The van der Waals surface area contributed by atoms with E-state index < -0.39 is 12.0 Å². The molecule has 1 unspecified atom stereocenters. The molecule has 1 fully saturated rings. The summed E-state index contributed by atoms with van der Waals surface area (Å²) < 4.78 is 5.21. The van der Waals surface area contributed by atoms with Crippen molar-refractivity contribution in [1.82, 2.24) is 15.5 Å². The molecule has 7 nitrogen and oxygen atoms in total. The number of hydrogen-bond donors (Lipinski definition) is 2. The van der Waals surface area contributed by atoms with E-state index in [-0.39, 0.29) is 17.7 Å². The Bertz CT molecular complexity index is 585. The fourth-order valence-electron chi connectivity index (χ4n) is 3.04. The zero-order valence-electron chi connectivity index (χ0n) is 15.4. The number of amides is 1. The number of carbonyl (C=O) groups excluding carboxylic acids is 1. The number of nitrogens with one attached hydrogen (secondary N) is 1. The summed E-state index contributed by atoms with van der Waals surface area (Å²) in [5, 5.41) is 15.9. The SMILES string of the molecule is CC(C)(C)CCC(NC(=O)CCc1nc(C2CCCC2)no1)C(=O)O. The van der Waals surface area contributed by atoms with E-state index in [2.05, 4.69) is 15.5 Å². The van der Waals surface area contributed by atoms with Crippen molar-refractivity contribution in [2.75, 3.05) is 0 Å². The fourth-order valence-corrected chi connectivity index (χ4v) is 3.04. The summed E-state index contributed by atoms with van der Waals surface area (Å²) in [6.45, 7) is 6.14. The maximum absolute atomic E-state index is 12.1. The van der Waals surface area contributed by atoms with Gasteiger partial charge in [-0.1, -0.05) is 38.8 Å². The summed E-state index contributed by atoms with van der Waals surface area (Å²) >= 11 is 0. The van der Waals surface area contributed by atoms with E-state index in [0.29, 0.717) is 24.7 Å². The van der Waals surface area contributed by atoms with Gasteiger partial charge in [-0.05, 0) is 31.1 Å². The highest BCUT2D eigenvalue weighted by atomic mass is 16.5. The predicted octanol–water partition coefficient (Wildman–Crippen LogP) is 3.06. The van der Waals surface area contributed by atoms with E-state index in [4.69, 9.17) is 4.52 Å². The number of hydrogen-bond acceptors (Lipinski definition) is 5. The lowest BCUT2D eigenvalue weighted by molar-refractivity contribution is -0.142. The second kappa shape index (κ2) is 8.45. The van der Waals surface area contributed by atoms with Crippen LogP contribution in [0.5, 0.6) is 0 Å². The van der Waals surface area contributed by atoms with Crippen LogP contribution in [-0.4, -0.2) is 33.2 Å². The molecule has 0 saturated heterocycles. The lowest BCUT2D eigenvalue weighted by atomic mass is 9.88. The molecule has 1 atom stereocenters. The molecule has 0 aliphatic heterocycles. The van der Waals surface area contributed by atoms with E-state index in [0.717, 1.165) is 25.1 Å². The van der Waals surface area contributed by atoms with Gasteiger partial charge in [0.2, 0.25) is 11.8 Å². The molecule has 1 heterocycles. The van der Waals surface area contributed by atoms with E-state index in [1.807, 2.05) is 20.8 Å². The van der Waals surface area contributed by atoms with Gasteiger partial charge in [0.15, 0.2) is 5.82 Å². The van der Waals surface area contributed by atoms with Gasteiger partial charge in [-0.3, -0.25) is 4.79 Å². The molecule has 1 aromatic rings. The van der Waals surface area contributed by atoms with Crippen molar-refractivity contribution in [3.63, 3.8) is 0 Å². The average molecular weight is 351 g/mol. The van der Waals surface area contributed by atoms with Gasteiger partial charge in [0.25, 0.3) is 0 Å². The summed E-state index contributed by atoms with van der Waals surface area (Å²) in [5.41, 5.74) is 0.0266. The smallest absolute Gasteiger partial charge is 0.326 e. The van der Waals surface area contributed by atoms with Gasteiger partial charge in [-0.2, -0.15) is 4.98 Å². The van der Waals surface area contributed by atoms with Crippen LogP contribution < -0.4 is 5.32 Å². The van der Waals surface area contributed by atoms with Crippen LogP contribution in [0.15, 0.2) is 4.52 Å². The van der Waals surface area contributed by atoms with Gasteiger partial charge in [-0.25, -0.2) is 4.79 Å². The van der Waals surface area contributed by atoms with Crippen LogP contribution in [0.3, 0.4) is 0 Å². The number of aryl methyl sites for hydroxylation is 1. The van der Waals surface area contributed by atoms with Crippen LogP contribution in [0.1, 0.15) is 83.3 Å². The standard InChI is InChI=1S/C18H29N3O4/c1-18(2,3)11-10-13(17(23)24)19-14(22)8-9-15-20-16(21-25-15)12-6-4-5-7-12/h12-13H,4-11H2,1-3H3,(H,19,22)(H,23,24). The van der Waals surface area contributed by atoms with Crippen molar-refractivity contribution in [1.29, 1.82) is 0 Å². The first kappa shape index (κ1) is 19.4. The van der Waals surface area contributed by atoms with Crippen molar-refractivity contribution in [2.24, 2.45) is 5.41 Å². The minimum atomic E-state index is -1.00. The van der Waals surface area contributed by atoms with Crippen molar-refractivity contribution < 1.29 is 19.2 Å². The van der Waals surface area contributed by atoms with Crippen LogP contribution in [0, 0.1) is 5.41 Å². The molecule has 1 aliphatic carbocycles. The Balaban J connectivity index is 1.79. The first-order valence-electron chi connectivity index (χ1n) is 9.09. The van der Waals surface area contributed by atoms with Crippen molar-refractivity contribution in [3.8, 4) is 0 Å². The number of carbonyl (C=O) groups is 2. The van der Waals surface area contributed by atoms with Crippen LogP contribution in [-0.2, 0) is 16.0 Å². The third-order valence-electron chi connectivity index (χ3n) is 4.59. The number of nitrogens with zero attached hydrogens (tertiary/aromatic N) is 2. The minimum absolute atomic E-state index is 0.0266. The summed E-state index contributed by atoms with van der Waals surface area (Å²) in [5.74, 6) is 0.251. The third-order valence-corrected chi connectivity index (χ3v) is 4.59. The highest BCUT2D eigenvalue weighted by Gasteiger charge is 2.24. The quantitative estimate of drug-likeness (QED) is 0.746. The molecular formula is C18H29N3O4. The molecular weight excluding hydrogens is 322 g/mol. The third kappa shape index (κ3) is 6.48. The molecule has 0 aromatic carbocycles. The molecule has 0 bridgehead atoms. The Morgan fingerprint density at radius 1 is 1.32 bits per heavy atom. The second-order valence-corrected chi connectivity index (χ2v) is 8.09. The molecule has 2 N–H and O–H groups in total. The van der Waals surface area contributed by atoms with Gasteiger partial charge in [-0.15, -0.1) is 0 Å². The van der Waals surface area contributed by atoms with Crippen molar-refractivity contribution in [2.45, 2.75) is 84.1 Å². The highest BCUT2D eigenvalue weighted by molar-refractivity contribution is 5.83. The number of carboxylic acids is 1. The first-order chi connectivity index (χ1) is 11.7. The number of aromatic nitrogens is 2. The lowest BCUT2D eigenvalue weighted by Crippen LogP contribution is -2.41. The molecule has 0 radical (unpaired) electrons.